The molecule has 0 saturated carbocycles. The predicted molar refractivity (Wildman–Crippen MR) is 102 cm³/mol. The molecule has 1 amide bonds. The van der Waals surface area contributed by atoms with Crippen LogP contribution in [0, 0.1) is 5.92 Å². The van der Waals surface area contributed by atoms with Gasteiger partial charge in [0.2, 0.25) is 16.0 Å². The fourth-order valence-corrected chi connectivity index (χ4v) is 4.21. The van der Waals surface area contributed by atoms with Gasteiger partial charge in [0.05, 0.1) is 24.9 Å². The molecule has 1 atom stereocenters. The van der Waals surface area contributed by atoms with Crippen LogP contribution in [0.2, 0.25) is 0 Å². The maximum Gasteiger partial charge on any atom is 0.224 e. The van der Waals surface area contributed by atoms with Gasteiger partial charge in [0.15, 0.2) is 0 Å². The van der Waals surface area contributed by atoms with E-state index in [1.165, 1.54) is 0 Å². The van der Waals surface area contributed by atoms with E-state index in [-0.39, 0.29) is 11.8 Å². The highest BCUT2D eigenvalue weighted by molar-refractivity contribution is 7.20. The number of methoxy groups -OCH3 is 1. The number of fused-ring (bicyclic) bond motifs is 1. The molecule has 1 aromatic carbocycles. The van der Waals surface area contributed by atoms with Crippen molar-refractivity contribution >= 4 is 27.3 Å². The minimum atomic E-state index is 0.0276. The number of aromatic nitrogens is 3. The summed E-state index contributed by atoms with van der Waals surface area (Å²) < 4.78 is 7.02. The zero-order valence-corrected chi connectivity index (χ0v) is 15.6. The Labute approximate surface area is 155 Å². The topological polar surface area (TPSA) is 71.8 Å². The van der Waals surface area contributed by atoms with E-state index >= 15 is 0 Å². The summed E-state index contributed by atoms with van der Waals surface area (Å²) in [6.45, 7) is 1.64. The minimum absolute atomic E-state index is 0.0276. The molecule has 2 aromatic heterocycles. The number of hydrogen-bond donors (Lipinski definition) is 1. The maximum absolute atomic E-state index is 11.9. The number of hydrogen-bond acceptors (Lipinski definition) is 6. The molecule has 26 heavy (non-hydrogen) atoms. The lowest BCUT2D eigenvalue weighted by Gasteiger charge is -2.31. The molecule has 0 radical (unpaired) electrons. The zero-order chi connectivity index (χ0) is 18.1. The molecule has 0 spiro atoms. The molecule has 0 unspecified atom stereocenters. The molecule has 8 heteroatoms. The van der Waals surface area contributed by atoms with Crippen LogP contribution in [-0.4, -0.2) is 47.8 Å². The molecule has 136 valence electrons. The van der Waals surface area contributed by atoms with E-state index < -0.39 is 0 Å². The first-order valence-electron chi connectivity index (χ1n) is 8.65. The van der Waals surface area contributed by atoms with Crippen molar-refractivity contribution in [3.63, 3.8) is 0 Å². The van der Waals surface area contributed by atoms with Gasteiger partial charge in [-0.3, -0.25) is 4.79 Å². The molecule has 1 N–H and O–H groups in total. The SMILES string of the molecule is CNC(=O)[C@H]1CCCN(c2nn3cc(-c4ccc(OC)cc4)nc3s2)C1. The van der Waals surface area contributed by atoms with Crippen LogP contribution in [0.4, 0.5) is 5.13 Å². The van der Waals surface area contributed by atoms with E-state index in [0.717, 1.165) is 46.5 Å². The van der Waals surface area contributed by atoms with Crippen LogP contribution in [0.5, 0.6) is 5.75 Å². The molecule has 1 aliphatic rings. The fourth-order valence-electron chi connectivity index (χ4n) is 3.29. The second-order valence-corrected chi connectivity index (χ2v) is 7.30. The number of carbonyl (C=O) groups excluding carboxylic acids is 1. The molecular formula is C18H21N5O2S. The lowest BCUT2D eigenvalue weighted by Crippen LogP contribution is -2.42. The molecule has 3 heterocycles. The first kappa shape index (κ1) is 16.8. The maximum atomic E-state index is 11.9. The lowest BCUT2D eigenvalue weighted by atomic mass is 9.98. The highest BCUT2D eigenvalue weighted by Gasteiger charge is 2.27. The molecule has 1 fully saturated rings. The molecule has 0 aliphatic carbocycles. The van der Waals surface area contributed by atoms with E-state index in [1.807, 2.05) is 35.0 Å². The number of amides is 1. The number of anilines is 1. The fraction of sp³-hybridized carbons (Fsp3) is 0.389. The van der Waals surface area contributed by atoms with Crippen LogP contribution < -0.4 is 15.0 Å². The Morgan fingerprint density at radius 1 is 1.35 bits per heavy atom. The summed E-state index contributed by atoms with van der Waals surface area (Å²) in [5, 5.41) is 8.35. The Morgan fingerprint density at radius 2 is 2.15 bits per heavy atom. The average molecular weight is 371 g/mol. The van der Waals surface area contributed by atoms with E-state index in [2.05, 4.69) is 15.3 Å². The normalized spacial score (nSPS) is 17.5. The number of nitrogens with one attached hydrogen (secondary N) is 1. The summed E-state index contributed by atoms with van der Waals surface area (Å²) in [6, 6.07) is 7.83. The Bertz CT molecular complexity index is 886. The Hall–Kier alpha value is -2.61. The average Bonchev–Trinajstić information content (AvgIpc) is 3.27. The summed E-state index contributed by atoms with van der Waals surface area (Å²) in [5.74, 6) is 0.962. The van der Waals surface area contributed by atoms with Crippen molar-refractivity contribution in [2.75, 3.05) is 32.1 Å². The molecule has 0 bridgehead atoms. The van der Waals surface area contributed by atoms with Gasteiger partial charge in [0.25, 0.3) is 0 Å². The van der Waals surface area contributed by atoms with Crippen LogP contribution in [0.1, 0.15) is 12.8 Å². The summed E-state index contributed by atoms with van der Waals surface area (Å²) in [4.78, 5) is 19.7. The van der Waals surface area contributed by atoms with Gasteiger partial charge >= 0.3 is 0 Å². The van der Waals surface area contributed by atoms with E-state index in [1.54, 1.807) is 25.5 Å². The number of carbonyl (C=O) groups is 1. The lowest BCUT2D eigenvalue weighted by molar-refractivity contribution is -0.124. The third kappa shape index (κ3) is 3.12. The van der Waals surface area contributed by atoms with E-state index in [0.29, 0.717) is 6.54 Å². The van der Waals surface area contributed by atoms with E-state index in [9.17, 15) is 4.79 Å². The monoisotopic (exact) mass is 371 g/mol. The summed E-state index contributed by atoms with van der Waals surface area (Å²) in [5.41, 5.74) is 1.92. The van der Waals surface area contributed by atoms with Crippen molar-refractivity contribution in [1.29, 1.82) is 0 Å². The second-order valence-electron chi connectivity index (χ2n) is 6.37. The highest BCUT2D eigenvalue weighted by atomic mass is 32.1. The van der Waals surface area contributed by atoms with Crippen molar-refractivity contribution in [2.24, 2.45) is 5.92 Å². The Morgan fingerprint density at radius 3 is 2.85 bits per heavy atom. The third-order valence-electron chi connectivity index (χ3n) is 4.73. The van der Waals surface area contributed by atoms with Gasteiger partial charge in [0.1, 0.15) is 5.75 Å². The number of benzene rings is 1. The van der Waals surface area contributed by atoms with Crippen LogP contribution >= 0.6 is 11.3 Å². The third-order valence-corrected chi connectivity index (χ3v) is 5.71. The van der Waals surface area contributed by atoms with Crippen LogP contribution in [0.15, 0.2) is 30.5 Å². The van der Waals surface area contributed by atoms with Gasteiger partial charge in [-0.1, -0.05) is 11.3 Å². The predicted octanol–water partition coefficient (Wildman–Crippen LogP) is 2.43. The summed E-state index contributed by atoms with van der Waals surface area (Å²) in [7, 11) is 3.35. The Balaban J connectivity index is 1.55. The van der Waals surface area contributed by atoms with Crippen molar-refractivity contribution in [3.8, 4) is 17.0 Å². The standard InChI is InChI=1S/C18H21N5O2S/c1-19-16(24)13-4-3-9-22(10-13)18-21-23-11-15(20-17(23)26-18)12-5-7-14(25-2)8-6-12/h5-8,11,13H,3-4,9-10H2,1-2H3,(H,19,24)/t13-/m0/s1. The molecular weight excluding hydrogens is 350 g/mol. The summed E-state index contributed by atoms with van der Waals surface area (Å²) >= 11 is 1.56. The number of rotatable bonds is 4. The molecule has 7 nitrogen and oxygen atoms in total. The number of imidazole rings is 1. The quantitative estimate of drug-likeness (QED) is 0.763. The van der Waals surface area contributed by atoms with Gasteiger partial charge in [-0.15, -0.1) is 5.10 Å². The number of nitrogens with zero attached hydrogens (tertiary/aromatic N) is 4. The van der Waals surface area contributed by atoms with Crippen LogP contribution in [0.3, 0.4) is 0 Å². The second kappa shape index (κ2) is 6.95. The minimum Gasteiger partial charge on any atom is -0.497 e. The smallest absolute Gasteiger partial charge is 0.224 e. The Kier molecular flexibility index (Phi) is 4.50. The zero-order valence-electron chi connectivity index (χ0n) is 14.8. The van der Waals surface area contributed by atoms with Gasteiger partial charge < -0.3 is 15.0 Å². The first-order valence-corrected chi connectivity index (χ1v) is 9.47. The van der Waals surface area contributed by atoms with Crippen molar-refractivity contribution in [1.82, 2.24) is 19.9 Å². The van der Waals surface area contributed by atoms with Gasteiger partial charge in [-0.2, -0.15) is 0 Å². The molecule has 3 aromatic rings. The summed E-state index contributed by atoms with van der Waals surface area (Å²) in [6.07, 6.45) is 3.87. The first-order chi connectivity index (χ1) is 12.7. The van der Waals surface area contributed by atoms with Crippen molar-refractivity contribution in [3.05, 3.63) is 30.5 Å². The molecule has 1 saturated heterocycles. The number of ether oxygens (including phenoxy) is 1. The van der Waals surface area contributed by atoms with Crippen LogP contribution in [-0.2, 0) is 4.79 Å². The van der Waals surface area contributed by atoms with Crippen molar-refractivity contribution < 1.29 is 9.53 Å². The largest absolute Gasteiger partial charge is 0.497 e. The molecule has 4 rings (SSSR count). The van der Waals surface area contributed by atoms with E-state index in [4.69, 9.17) is 9.72 Å². The van der Waals surface area contributed by atoms with Gasteiger partial charge in [-0.25, -0.2) is 9.50 Å². The highest BCUT2D eigenvalue weighted by Crippen LogP contribution is 2.30. The molecule has 1 aliphatic heterocycles. The van der Waals surface area contributed by atoms with Gasteiger partial charge in [-0.05, 0) is 37.1 Å². The number of piperidine rings is 1. The van der Waals surface area contributed by atoms with Crippen LogP contribution in [0.25, 0.3) is 16.2 Å². The van der Waals surface area contributed by atoms with Gasteiger partial charge in [0, 0.05) is 25.7 Å². The van der Waals surface area contributed by atoms with Crippen molar-refractivity contribution in [2.45, 2.75) is 12.8 Å².